The molecule has 0 heterocycles. The molecular weight excluding hydrogens is 182 g/mol. The second kappa shape index (κ2) is 3.84. The van der Waals surface area contributed by atoms with Crippen molar-refractivity contribution < 1.29 is 30.4 Å². The number of hydrogen-bond acceptors (Lipinski definition) is 7. The van der Waals surface area contributed by atoms with Gasteiger partial charge in [-0.1, -0.05) is 0 Å². The normalized spacial score (nSPS) is 52.2. The summed E-state index contributed by atoms with van der Waals surface area (Å²) in [6.07, 6.45) is -9.17. The van der Waals surface area contributed by atoms with Crippen molar-refractivity contribution in [2.75, 3.05) is 0 Å². The molecule has 0 radical (unpaired) electrons. The van der Waals surface area contributed by atoms with Crippen LogP contribution in [0.4, 0.5) is 0 Å². The van der Waals surface area contributed by atoms with Crippen LogP contribution in [0.1, 0.15) is 0 Å². The third-order valence-electron chi connectivity index (χ3n) is 2.23. The number of aliphatic hydroxyl groups excluding tert-OH is 5. The van der Waals surface area contributed by atoms with E-state index in [9.17, 15) is 10.2 Å². The predicted octanol–water partition coefficient (Wildman–Crippen LogP) is -3.94. The van der Waals surface area contributed by atoms with Gasteiger partial charge < -0.3 is 25.5 Å². The van der Waals surface area contributed by atoms with Crippen molar-refractivity contribution in [3.63, 3.8) is 0 Å². The van der Waals surface area contributed by atoms with E-state index in [0.717, 1.165) is 0 Å². The monoisotopic (exact) mass is 195 g/mol. The van der Waals surface area contributed by atoms with Gasteiger partial charge in [-0.05, 0) is 0 Å². The Morgan fingerprint density at radius 1 is 0.692 bits per heavy atom. The fourth-order valence-electron chi connectivity index (χ4n) is 1.36. The zero-order valence-corrected chi connectivity index (χ0v) is 6.69. The Balaban J connectivity index is 2.79. The average molecular weight is 195 g/mol. The van der Waals surface area contributed by atoms with Crippen LogP contribution < -0.4 is 5.90 Å². The summed E-state index contributed by atoms with van der Waals surface area (Å²) in [5.74, 6) is 4.73. The van der Waals surface area contributed by atoms with Gasteiger partial charge in [0.1, 0.15) is 36.6 Å². The highest BCUT2D eigenvalue weighted by molar-refractivity contribution is 4.98. The molecule has 78 valence electrons. The van der Waals surface area contributed by atoms with Gasteiger partial charge in [-0.3, -0.25) is 4.84 Å². The molecular formula is C6H13NO6. The molecule has 7 heteroatoms. The smallest absolute Gasteiger partial charge is 0.136 e. The Bertz CT molecular complexity index is 163. The predicted molar refractivity (Wildman–Crippen MR) is 39.1 cm³/mol. The summed E-state index contributed by atoms with van der Waals surface area (Å²) in [6, 6.07) is 0. The van der Waals surface area contributed by atoms with Gasteiger partial charge in [-0.15, -0.1) is 0 Å². The summed E-state index contributed by atoms with van der Waals surface area (Å²) in [5.41, 5.74) is 0. The summed E-state index contributed by atoms with van der Waals surface area (Å²) in [6.45, 7) is 0. The SMILES string of the molecule is NO[C@H]1[C@@H](O)[C@@H](O)[C@@H](O)[C@H](O)[C@@H]1O. The Morgan fingerprint density at radius 3 is 1.31 bits per heavy atom. The molecule has 0 aromatic carbocycles. The first-order valence-electron chi connectivity index (χ1n) is 3.76. The van der Waals surface area contributed by atoms with Gasteiger partial charge in [-0.2, -0.15) is 0 Å². The molecule has 7 N–H and O–H groups in total. The Kier molecular flexibility index (Phi) is 3.19. The number of rotatable bonds is 1. The third-order valence-corrected chi connectivity index (χ3v) is 2.23. The summed E-state index contributed by atoms with van der Waals surface area (Å²) in [7, 11) is 0. The van der Waals surface area contributed by atoms with E-state index < -0.39 is 36.6 Å². The first kappa shape index (κ1) is 10.8. The Morgan fingerprint density at radius 2 is 1.00 bits per heavy atom. The van der Waals surface area contributed by atoms with E-state index in [0.29, 0.717) is 0 Å². The van der Waals surface area contributed by atoms with Crippen LogP contribution in [-0.2, 0) is 4.84 Å². The van der Waals surface area contributed by atoms with E-state index in [1.165, 1.54) is 0 Å². The highest BCUT2D eigenvalue weighted by Crippen LogP contribution is 2.22. The largest absolute Gasteiger partial charge is 0.387 e. The Labute approximate surface area is 73.9 Å². The Hall–Kier alpha value is -0.280. The van der Waals surface area contributed by atoms with Gasteiger partial charge in [0.2, 0.25) is 0 Å². The van der Waals surface area contributed by atoms with Crippen LogP contribution >= 0.6 is 0 Å². The quantitative estimate of drug-likeness (QED) is 0.235. The van der Waals surface area contributed by atoms with Crippen molar-refractivity contribution in [2.45, 2.75) is 36.6 Å². The first-order chi connectivity index (χ1) is 6.00. The molecule has 7 nitrogen and oxygen atoms in total. The van der Waals surface area contributed by atoms with Gasteiger partial charge in [0.25, 0.3) is 0 Å². The topological polar surface area (TPSA) is 136 Å². The molecule has 1 rings (SSSR count). The van der Waals surface area contributed by atoms with Gasteiger partial charge in [0.15, 0.2) is 0 Å². The second-order valence-corrected chi connectivity index (χ2v) is 3.05. The molecule has 13 heavy (non-hydrogen) atoms. The zero-order chi connectivity index (χ0) is 10.2. The van der Waals surface area contributed by atoms with Crippen molar-refractivity contribution >= 4 is 0 Å². The molecule has 1 fully saturated rings. The maximum atomic E-state index is 9.21. The van der Waals surface area contributed by atoms with Crippen molar-refractivity contribution in [1.82, 2.24) is 0 Å². The van der Waals surface area contributed by atoms with E-state index in [2.05, 4.69) is 4.84 Å². The van der Waals surface area contributed by atoms with Gasteiger partial charge in [0, 0.05) is 0 Å². The van der Waals surface area contributed by atoms with Crippen molar-refractivity contribution in [1.29, 1.82) is 0 Å². The van der Waals surface area contributed by atoms with Crippen molar-refractivity contribution in [2.24, 2.45) is 5.90 Å². The number of nitrogens with two attached hydrogens (primary N) is 1. The lowest BCUT2D eigenvalue weighted by Gasteiger charge is -2.40. The summed E-state index contributed by atoms with van der Waals surface area (Å²) in [4.78, 5) is 4.17. The standard InChI is InChI=1S/C6H13NO6/c7-13-6-4(11)2(9)1(8)3(10)5(6)12/h1-6,8-12H,7H2/t1-,2-,3-,4-,5-,6+/m0/s1. The van der Waals surface area contributed by atoms with Gasteiger partial charge in [-0.25, -0.2) is 5.90 Å². The summed E-state index contributed by atoms with van der Waals surface area (Å²) >= 11 is 0. The number of hydrogen-bond donors (Lipinski definition) is 6. The molecule has 4 atom stereocenters. The molecule has 0 saturated heterocycles. The highest BCUT2D eigenvalue weighted by Gasteiger charge is 2.48. The molecule has 0 spiro atoms. The lowest BCUT2D eigenvalue weighted by molar-refractivity contribution is -0.236. The molecule has 1 saturated carbocycles. The second-order valence-electron chi connectivity index (χ2n) is 3.05. The fourth-order valence-corrected chi connectivity index (χ4v) is 1.36. The molecule has 0 aromatic heterocycles. The molecule has 0 aromatic rings. The minimum Gasteiger partial charge on any atom is -0.387 e. The molecule has 1 aliphatic rings. The maximum absolute atomic E-state index is 9.21. The van der Waals surface area contributed by atoms with Crippen molar-refractivity contribution in [3.05, 3.63) is 0 Å². The fraction of sp³-hybridized carbons (Fsp3) is 1.00. The summed E-state index contributed by atoms with van der Waals surface area (Å²) in [5, 5.41) is 45.8. The number of aliphatic hydroxyl groups is 5. The van der Waals surface area contributed by atoms with Crippen molar-refractivity contribution in [3.8, 4) is 0 Å². The lowest BCUT2D eigenvalue weighted by atomic mass is 9.85. The summed E-state index contributed by atoms with van der Waals surface area (Å²) < 4.78 is 0. The highest BCUT2D eigenvalue weighted by atomic mass is 16.6. The van der Waals surface area contributed by atoms with Gasteiger partial charge >= 0.3 is 0 Å². The van der Waals surface area contributed by atoms with E-state index >= 15 is 0 Å². The van der Waals surface area contributed by atoms with Crippen LogP contribution in [0.25, 0.3) is 0 Å². The molecule has 0 unspecified atom stereocenters. The van der Waals surface area contributed by atoms with E-state index in [1.807, 2.05) is 0 Å². The van der Waals surface area contributed by atoms with E-state index in [1.54, 1.807) is 0 Å². The molecule has 0 bridgehead atoms. The van der Waals surface area contributed by atoms with Crippen LogP contribution in [0.15, 0.2) is 0 Å². The maximum Gasteiger partial charge on any atom is 0.136 e. The van der Waals surface area contributed by atoms with Gasteiger partial charge in [0.05, 0.1) is 0 Å². The first-order valence-corrected chi connectivity index (χ1v) is 3.76. The lowest BCUT2D eigenvalue weighted by Crippen LogP contribution is -2.64. The van der Waals surface area contributed by atoms with Crippen LogP contribution in [0, 0.1) is 0 Å². The van der Waals surface area contributed by atoms with Crippen LogP contribution in [-0.4, -0.2) is 62.2 Å². The molecule has 1 aliphatic carbocycles. The molecule has 0 aliphatic heterocycles. The zero-order valence-electron chi connectivity index (χ0n) is 6.69. The average Bonchev–Trinajstić information content (AvgIpc) is 2.13. The minimum absolute atomic E-state index is 1.31. The van der Waals surface area contributed by atoms with Crippen LogP contribution in [0.3, 0.4) is 0 Å². The minimum atomic E-state index is -1.61. The molecule has 0 amide bonds. The van der Waals surface area contributed by atoms with E-state index in [-0.39, 0.29) is 0 Å². The third kappa shape index (κ3) is 1.67. The van der Waals surface area contributed by atoms with E-state index in [4.69, 9.17) is 21.2 Å². The van der Waals surface area contributed by atoms with Crippen LogP contribution in [0.5, 0.6) is 0 Å². The van der Waals surface area contributed by atoms with Crippen LogP contribution in [0.2, 0.25) is 0 Å².